The van der Waals surface area contributed by atoms with Crippen LogP contribution < -0.4 is 9.64 Å². The van der Waals surface area contributed by atoms with E-state index in [2.05, 4.69) is 4.99 Å². The Kier molecular flexibility index (Phi) is 4.69. The van der Waals surface area contributed by atoms with Gasteiger partial charge in [0.05, 0.1) is 30.2 Å². The van der Waals surface area contributed by atoms with Crippen molar-refractivity contribution in [3.8, 4) is 5.75 Å². The number of carbonyl (C=O) groups is 1. The lowest BCUT2D eigenvalue weighted by atomic mass is 10.2. The molecule has 0 spiro atoms. The molecule has 0 N–H and O–H groups in total. The molecular weight excluding hydrogens is 384 g/mol. The van der Waals surface area contributed by atoms with E-state index in [0.29, 0.717) is 16.5 Å². The number of aliphatic imine (C=N–C) groups is 1. The van der Waals surface area contributed by atoms with E-state index in [1.54, 1.807) is 24.3 Å². The van der Waals surface area contributed by atoms with Crippen molar-refractivity contribution in [3.05, 3.63) is 60.2 Å². The number of amides is 1. The minimum Gasteiger partial charge on any atom is -0.496 e. The number of sulfone groups is 1. The molecule has 0 unspecified atom stereocenters. The Morgan fingerprint density at radius 3 is 2.56 bits per heavy atom. The fourth-order valence-corrected chi connectivity index (χ4v) is 7.34. The average molecular weight is 402 g/mol. The normalized spacial score (nSPS) is 24.8. The van der Waals surface area contributed by atoms with Crippen molar-refractivity contribution < 1.29 is 17.9 Å². The standard InChI is InChI=1S/C19H18N2O4S2/c1-25-16-10-6-5-9-14(16)18(22)20-19-21(13-7-3-2-4-8-13)15-11-27(23,24)12-17(15)26-19/h2-10,15,17H,11-12H2,1H3/t15-,17-/m0/s1. The minimum absolute atomic E-state index is 0.0709. The van der Waals surface area contributed by atoms with Gasteiger partial charge in [-0.25, -0.2) is 8.42 Å². The van der Waals surface area contributed by atoms with E-state index < -0.39 is 15.7 Å². The van der Waals surface area contributed by atoms with Crippen LogP contribution in [0.3, 0.4) is 0 Å². The molecule has 0 saturated carbocycles. The molecule has 2 saturated heterocycles. The number of para-hydroxylation sites is 2. The molecule has 4 rings (SSSR count). The van der Waals surface area contributed by atoms with Gasteiger partial charge in [-0.1, -0.05) is 42.1 Å². The van der Waals surface area contributed by atoms with Gasteiger partial charge < -0.3 is 9.64 Å². The summed E-state index contributed by atoms with van der Waals surface area (Å²) < 4.78 is 29.4. The third kappa shape index (κ3) is 3.46. The lowest BCUT2D eigenvalue weighted by Crippen LogP contribution is -2.37. The molecule has 2 atom stereocenters. The summed E-state index contributed by atoms with van der Waals surface area (Å²) in [6.07, 6.45) is 0. The van der Waals surface area contributed by atoms with Crippen LogP contribution in [0.2, 0.25) is 0 Å². The van der Waals surface area contributed by atoms with Gasteiger partial charge in [0, 0.05) is 10.9 Å². The molecule has 0 aliphatic carbocycles. The molecule has 2 aliphatic heterocycles. The smallest absolute Gasteiger partial charge is 0.283 e. The highest BCUT2D eigenvalue weighted by molar-refractivity contribution is 8.16. The van der Waals surface area contributed by atoms with Crippen molar-refractivity contribution in [1.29, 1.82) is 0 Å². The molecule has 27 heavy (non-hydrogen) atoms. The van der Waals surface area contributed by atoms with Gasteiger partial charge in [-0.05, 0) is 24.3 Å². The van der Waals surface area contributed by atoms with Crippen LogP contribution in [0.4, 0.5) is 5.69 Å². The average Bonchev–Trinajstić information content (AvgIpc) is 3.13. The summed E-state index contributed by atoms with van der Waals surface area (Å²) in [5.74, 6) is 0.234. The van der Waals surface area contributed by atoms with Gasteiger partial charge in [-0.15, -0.1) is 0 Å². The van der Waals surface area contributed by atoms with Crippen molar-refractivity contribution in [2.45, 2.75) is 11.3 Å². The zero-order valence-corrected chi connectivity index (χ0v) is 16.2. The highest BCUT2D eigenvalue weighted by atomic mass is 32.2. The molecule has 2 aliphatic rings. The first-order chi connectivity index (χ1) is 13.0. The maximum Gasteiger partial charge on any atom is 0.283 e. The second-order valence-corrected chi connectivity index (χ2v) is 9.77. The molecular formula is C19H18N2O4S2. The summed E-state index contributed by atoms with van der Waals surface area (Å²) in [5.41, 5.74) is 1.21. The third-order valence-electron chi connectivity index (χ3n) is 4.64. The van der Waals surface area contributed by atoms with Crippen LogP contribution in [0.5, 0.6) is 5.75 Å². The Bertz CT molecular complexity index is 1010. The van der Waals surface area contributed by atoms with Gasteiger partial charge in [0.15, 0.2) is 15.0 Å². The number of fused-ring (bicyclic) bond motifs is 1. The van der Waals surface area contributed by atoms with Crippen LogP contribution in [0.15, 0.2) is 59.6 Å². The Morgan fingerprint density at radius 1 is 1.11 bits per heavy atom. The van der Waals surface area contributed by atoms with Gasteiger partial charge in [0.25, 0.3) is 5.91 Å². The zero-order valence-electron chi connectivity index (χ0n) is 14.6. The van der Waals surface area contributed by atoms with Gasteiger partial charge in [-0.3, -0.25) is 4.79 Å². The number of amidine groups is 1. The SMILES string of the molecule is COc1ccccc1C(=O)N=C1S[C@H]2CS(=O)(=O)C[C@@H]2N1c1ccccc1. The maximum atomic E-state index is 12.8. The van der Waals surface area contributed by atoms with E-state index >= 15 is 0 Å². The summed E-state index contributed by atoms with van der Waals surface area (Å²) in [4.78, 5) is 19.0. The monoisotopic (exact) mass is 402 g/mol. The third-order valence-corrected chi connectivity index (χ3v) is 7.85. The fourth-order valence-electron chi connectivity index (χ4n) is 3.42. The lowest BCUT2D eigenvalue weighted by Gasteiger charge is -2.24. The number of hydrogen-bond donors (Lipinski definition) is 0. The van der Waals surface area contributed by atoms with Crippen LogP contribution in [-0.2, 0) is 9.84 Å². The lowest BCUT2D eigenvalue weighted by molar-refractivity contribution is 0.1000. The number of rotatable bonds is 3. The number of benzene rings is 2. The molecule has 8 heteroatoms. The molecule has 0 bridgehead atoms. The summed E-state index contributed by atoms with van der Waals surface area (Å²) in [5, 5.41) is 0.404. The molecule has 0 radical (unpaired) electrons. The van der Waals surface area contributed by atoms with E-state index in [1.165, 1.54) is 18.9 Å². The molecule has 2 aromatic carbocycles. The molecule has 0 aromatic heterocycles. The van der Waals surface area contributed by atoms with Crippen LogP contribution >= 0.6 is 11.8 Å². The molecule has 2 aromatic rings. The van der Waals surface area contributed by atoms with Crippen LogP contribution in [0.25, 0.3) is 0 Å². The molecule has 2 fully saturated rings. The van der Waals surface area contributed by atoms with E-state index in [-0.39, 0.29) is 22.8 Å². The fraction of sp³-hybridized carbons (Fsp3) is 0.263. The predicted molar refractivity (Wildman–Crippen MR) is 108 cm³/mol. The second kappa shape index (κ2) is 7.01. The first-order valence-electron chi connectivity index (χ1n) is 8.46. The molecule has 2 heterocycles. The van der Waals surface area contributed by atoms with Gasteiger partial charge >= 0.3 is 0 Å². The van der Waals surface area contributed by atoms with Crippen LogP contribution in [0, 0.1) is 0 Å². The largest absolute Gasteiger partial charge is 0.496 e. The van der Waals surface area contributed by atoms with E-state index in [0.717, 1.165) is 5.69 Å². The minimum atomic E-state index is -3.08. The van der Waals surface area contributed by atoms with Crippen molar-refractivity contribution in [2.75, 3.05) is 23.5 Å². The molecule has 140 valence electrons. The summed E-state index contributed by atoms with van der Waals surface area (Å²) >= 11 is 1.36. The van der Waals surface area contributed by atoms with Crippen LogP contribution in [0.1, 0.15) is 10.4 Å². The van der Waals surface area contributed by atoms with Crippen molar-refractivity contribution in [2.24, 2.45) is 4.99 Å². The Balaban J connectivity index is 1.73. The maximum absolute atomic E-state index is 12.8. The highest BCUT2D eigenvalue weighted by Gasteiger charge is 2.49. The van der Waals surface area contributed by atoms with Gasteiger partial charge in [-0.2, -0.15) is 4.99 Å². The highest BCUT2D eigenvalue weighted by Crippen LogP contribution is 2.41. The number of ether oxygens (including phenoxy) is 1. The Morgan fingerprint density at radius 2 is 1.81 bits per heavy atom. The number of methoxy groups -OCH3 is 1. The number of carbonyl (C=O) groups excluding carboxylic acids is 1. The Hall–Kier alpha value is -2.32. The van der Waals surface area contributed by atoms with Gasteiger partial charge in [0.2, 0.25) is 0 Å². The number of nitrogens with zero attached hydrogens (tertiary/aromatic N) is 2. The Labute approximate surface area is 162 Å². The molecule has 1 amide bonds. The van der Waals surface area contributed by atoms with Crippen LogP contribution in [-0.4, -0.2) is 49.4 Å². The zero-order chi connectivity index (χ0) is 19.0. The van der Waals surface area contributed by atoms with Crippen molar-refractivity contribution in [1.82, 2.24) is 0 Å². The molecule has 6 nitrogen and oxygen atoms in total. The summed E-state index contributed by atoms with van der Waals surface area (Å²) in [6, 6.07) is 16.2. The summed E-state index contributed by atoms with van der Waals surface area (Å²) in [7, 11) is -1.57. The van der Waals surface area contributed by atoms with Crippen molar-refractivity contribution in [3.63, 3.8) is 0 Å². The van der Waals surface area contributed by atoms with E-state index in [4.69, 9.17) is 4.74 Å². The van der Waals surface area contributed by atoms with Gasteiger partial charge in [0.1, 0.15) is 5.75 Å². The first kappa shape index (κ1) is 18.1. The number of hydrogen-bond acceptors (Lipinski definition) is 5. The van der Waals surface area contributed by atoms with E-state index in [9.17, 15) is 13.2 Å². The second-order valence-electron chi connectivity index (χ2n) is 6.41. The number of thioether (sulfide) groups is 1. The topological polar surface area (TPSA) is 76.0 Å². The number of anilines is 1. The van der Waals surface area contributed by atoms with E-state index in [1.807, 2.05) is 35.2 Å². The quantitative estimate of drug-likeness (QED) is 0.786. The predicted octanol–water partition coefficient (Wildman–Crippen LogP) is 2.61. The van der Waals surface area contributed by atoms with Crippen molar-refractivity contribution >= 4 is 38.4 Å². The first-order valence-corrected chi connectivity index (χ1v) is 11.2. The summed E-state index contributed by atoms with van der Waals surface area (Å²) in [6.45, 7) is 0.